The van der Waals surface area contributed by atoms with Crippen molar-refractivity contribution in [2.24, 2.45) is 11.8 Å². The molecule has 0 aromatic heterocycles. The predicted octanol–water partition coefficient (Wildman–Crippen LogP) is 4.24. The van der Waals surface area contributed by atoms with Gasteiger partial charge in [0.2, 0.25) is 0 Å². The van der Waals surface area contributed by atoms with E-state index in [1.807, 2.05) is 0 Å². The fraction of sp³-hybridized carbons (Fsp3) is 1.00. The quantitative estimate of drug-likeness (QED) is 0.785. The molecule has 3 rings (SSSR count). The van der Waals surface area contributed by atoms with Crippen molar-refractivity contribution in [3.05, 3.63) is 0 Å². The summed E-state index contributed by atoms with van der Waals surface area (Å²) in [6.45, 7) is 0.994. The Balaban J connectivity index is 1.56. The first-order chi connectivity index (χ1) is 10.3. The number of nitrogens with one attached hydrogen (secondary N) is 1. The van der Waals surface area contributed by atoms with Crippen molar-refractivity contribution in [3.8, 4) is 0 Å². The summed E-state index contributed by atoms with van der Waals surface area (Å²) < 4.78 is 6.21. The lowest BCUT2D eigenvalue weighted by atomic mass is 9.77. The van der Waals surface area contributed by atoms with Gasteiger partial charge in [-0.1, -0.05) is 38.5 Å². The van der Waals surface area contributed by atoms with E-state index < -0.39 is 0 Å². The van der Waals surface area contributed by atoms with Crippen LogP contribution in [-0.2, 0) is 4.74 Å². The molecule has 0 bridgehead atoms. The summed E-state index contributed by atoms with van der Waals surface area (Å²) in [4.78, 5) is 0. The Kier molecular flexibility index (Phi) is 5.92. The van der Waals surface area contributed by atoms with Crippen LogP contribution >= 0.6 is 11.8 Å². The third kappa shape index (κ3) is 4.17. The second-order valence-electron chi connectivity index (χ2n) is 7.58. The minimum atomic E-state index is 0.242. The fourth-order valence-electron chi connectivity index (χ4n) is 4.78. The molecule has 3 fully saturated rings. The zero-order valence-corrected chi connectivity index (χ0v) is 14.6. The number of ether oxygens (including phenoxy) is 1. The van der Waals surface area contributed by atoms with Crippen LogP contribution in [0.2, 0.25) is 0 Å². The van der Waals surface area contributed by atoms with Crippen molar-refractivity contribution >= 4 is 11.8 Å². The van der Waals surface area contributed by atoms with Crippen molar-refractivity contribution in [3.63, 3.8) is 0 Å². The van der Waals surface area contributed by atoms with Gasteiger partial charge in [-0.05, 0) is 50.3 Å². The Labute approximate surface area is 135 Å². The van der Waals surface area contributed by atoms with Gasteiger partial charge >= 0.3 is 0 Å². The van der Waals surface area contributed by atoms with E-state index in [0.29, 0.717) is 0 Å². The largest absolute Gasteiger partial charge is 0.374 e. The minimum absolute atomic E-state index is 0.242. The molecular formula is C18H33NOS. The standard InChI is InChI=1S/C18H33NOS/c1-19-17(12-15-6-4-2-3-5-7-15)16-8-10-20-18(13-16)9-11-21-14-18/h15-17,19H,2-14H2,1H3. The van der Waals surface area contributed by atoms with E-state index in [-0.39, 0.29) is 5.60 Å². The average Bonchev–Trinajstić information content (AvgIpc) is 2.79. The van der Waals surface area contributed by atoms with Crippen LogP contribution in [0.15, 0.2) is 0 Å². The molecule has 0 amide bonds. The fourth-order valence-corrected chi connectivity index (χ4v) is 6.16. The maximum atomic E-state index is 6.21. The van der Waals surface area contributed by atoms with Gasteiger partial charge in [-0.3, -0.25) is 0 Å². The Morgan fingerprint density at radius 1 is 1.19 bits per heavy atom. The van der Waals surface area contributed by atoms with Gasteiger partial charge in [-0.15, -0.1) is 0 Å². The first-order valence-electron chi connectivity index (χ1n) is 9.20. The van der Waals surface area contributed by atoms with Gasteiger partial charge in [0.15, 0.2) is 0 Å². The maximum absolute atomic E-state index is 6.21. The van der Waals surface area contributed by atoms with Crippen LogP contribution in [-0.4, -0.2) is 36.8 Å². The lowest BCUT2D eigenvalue weighted by Gasteiger charge is -2.41. The van der Waals surface area contributed by atoms with Crippen LogP contribution in [0.4, 0.5) is 0 Å². The van der Waals surface area contributed by atoms with Gasteiger partial charge in [-0.25, -0.2) is 0 Å². The molecule has 1 spiro atoms. The first kappa shape index (κ1) is 16.1. The van der Waals surface area contributed by atoms with Crippen LogP contribution in [0.3, 0.4) is 0 Å². The number of thioether (sulfide) groups is 1. The Morgan fingerprint density at radius 3 is 2.67 bits per heavy atom. The summed E-state index contributed by atoms with van der Waals surface area (Å²) >= 11 is 2.09. The van der Waals surface area contributed by atoms with E-state index in [9.17, 15) is 0 Å². The molecule has 0 aromatic carbocycles. The van der Waals surface area contributed by atoms with Gasteiger partial charge in [0.05, 0.1) is 5.60 Å². The van der Waals surface area contributed by atoms with E-state index in [2.05, 4.69) is 24.1 Å². The van der Waals surface area contributed by atoms with Crippen molar-refractivity contribution in [1.29, 1.82) is 0 Å². The van der Waals surface area contributed by atoms with Gasteiger partial charge in [0, 0.05) is 18.4 Å². The highest BCUT2D eigenvalue weighted by Gasteiger charge is 2.42. The molecular weight excluding hydrogens is 278 g/mol. The molecule has 1 saturated carbocycles. The van der Waals surface area contributed by atoms with Crippen LogP contribution < -0.4 is 5.32 Å². The van der Waals surface area contributed by atoms with E-state index in [0.717, 1.165) is 24.5 Å². The molecule has 122 valence electrons. The SMILES string of the molecule is CNC(CC1CCCCCC1)C1CCOC2(CCSC2)C1. The van der Waals surface area contributed by atoms with Gasteiger partial charge < -0.3 is 10.1 Å². The highest BCUT2D eigenvalue weighted by Crippen LogP contribution is 2.42. The number of hydrogen-bond acceptors (Lipinski definition) is 3. The summed E-state index contributed by atoms with van der Waals surface area (Å²) in [7, 11) is 2.19. The van der Waals surface area contributed by atoms with Crippen LogP contribution in [0.5, 0.6) is 0 Å². The molecule has 1 N–H and O–H groups in total. The van der Waals surface area contributed by atoms with E-state index >= 15 is 0 Å². The number of hydrogen-bond donors (Lipinski definition) is 1. The minimum Gasteiger partial charge on any atom is -0.374 e. The van der Waals surface area contributed by atoms with E-state index in [1.165, 1.54) is 75.7 Å². The first-order valence-corrected chi connectivity index (χ1v) is 10.4. The van der Waals surface area contributed by atoms with E-state index in [4.69, 9.17) is 4.74 Å². The molecule has 21 heavy (non-hydrogen) atoms. The molecule has 2 aliphatic heterocycles. The number of rotatable bonds is 4. The van der Waals surface area contributed by atoms with Crippen LogP contribution in [0.25, 0.3) is 0 Å². The van der Waals surface area contributed by atoms with Gasteiger partial charge in [0.1, 0.15) is 0 Å². The second kappa shape index (κ2) is 7.70. The van der Waals surface area contributed by atoms with E-state index in [1.54, 1.807) is 0 Å². The maximum Gasteiger partial charge on any atom is 0.0783 e. The topological polar surface area (TPSA) is 21.3 Å². The molecule has 0 aromatic rings. The lowest BCUT2D eigenvalue weighted by molar-refractivity contribution is -0.0859. The average molecular weight is 312 g/mol. The third-order valence-corrected chi connectivity index (χ3v) is 7.32. The van der Waals surface area contributed by atoms with Crippen molar-refractivity contribution in [2.75, 3.05) is 25.2 Å². The summed E-state index contributed by atoms with van der Waals surface area (Å²) in [6, 6.07) is 0.722. The lowest BCUT2D eigenvalue weighted by Crippen LogP contribution is -2.46. The van der Waals surface area contributed by atoms with Crippen molar-refractivity contribution in [2.45, 2.75) is 75.9 Å². The molecule has 0 radical (unpaired) electrons. The summed E-state index contributed by atoms with van der Waals surface area (Å²) in [5.41, 5.74) is 0.242. The highest BCUT2D eigenvalue weighted by atomic mass is 32.2. The van der Waals surface area contributed by atoms with Crippen LogP contribution in [0.1, 0.15) is 64.2 Å². The van der Waals surface area contributed by atoms with Crippen LogP contribution in [0, 0.1) is 11.8 Å². The smallest absolute Gasteiger partial charge is 0.0783 e. The molecule has 1 aliphatic carbocycles. The molecule has 2 nitrogen and oxygen atoms in total. The third-order valence-electron chi connectivity index (χ3n) is 6.10. The van der Waals surface area contributed by atoms with Gasteiger partial charge in [-0.2, -0.15) is 11.8 Å². The zero-order chi connectivity index (χ0) is 14.5. The molecule has 3 heteroatoms. The Bertz CT molecular complexity index is 308. The second-order valence-corrected chi connectivity index (χ2v) is 8.68. The summed E-state index contributed by atoms with van der Waals surface area (Å²) in [6.07, 6.45) is 14.1. The van der Waals surface area contributed by atoms with Crippen molar-refractivity contribution < 1.29 is 4.74 Å². The molecule has 3 atom stereocenters. The summed E-state index contributed by atoms with van der Waals surface area (Å²) in [5.74, 6) is 4.36. The predicted molar refractivity (Wildman–Crippen MR) is 92.0 cm³/mol. The monoisotopic (exact) mass is 311 g/mol. The summed E-state index contributed by atoms with van der Waals surface area (Å²) in [5, 5.41) is 3.68. The Hall–Kier alpha value is 0.270. The molecule has 2 heterocycles. The van der Waals surface area contributed by atoms with Crippen molar-refractivity contribution in [1.82, 2.24) is 5.32 Å². The highest BCUT2D eigenvalue weighted by molar-refractivity contribution is 7.99. The normalized spacial score (nSPS) is 36.7. The zero-order valence-electron chi connectivity index (χ0n) is 13.7. The molecule has 3 unspecified atom stereocenters. The van der Waals surface area contributed by atoms with Gasteiger partial charge in [0.25, 0.3) is 0 Å². The molecule has 2 saturated heterocycles. The molecule has 3 aliphatic rings. The Morgan fingerprint density at radius 2 is 2.00 bits per heavy atom.